The van der Waals surface area contributed by atoms with Crippen LogP contribution in [0.1, 0.15) is 69.6 Å². The van der Waals surface area contributed by atoms with Crippen LogP contribution in [0, 0.1) is 6.92 Å². The second kappa shape index (κ2) is 17.4. The molecule has 1 unspecified atom stereocenters. The Kier molecular flexibility index (Phi) is 12.4. The van der Waals surface area contributed by atoms with Crippen molar-refractivity contribution in [1.82, 2.24) is 4.57 Å². The van der Waals surface area contributed by atoms with Crippen LogP contribution in [0.2, 0.25) is 12.6 Å². The molecule has 0 saturated carbocycles. The molecule has 7 aromatic carbocycles. The van der Waals surface area contributed by atoms with Crippen molar-refractivity contribution in [3.63, 3.8) is 0 Å². The number of hydrogen-bond donors (Lipinski definition) is 0. The molecule has 296 valence electrons. The van der Waals surface area contributed by atoms with E-state index in [1.807, 2.05) is 0 Å². The molecule has 1 aliphatic carbocycles. The first-order valence-corrected chi connectivity index (χ1v) is 30.1. The van der Waals surface area contributed by atoms with Crippen LogP contribution in [0.15, 0.2) is 115 Å². The number of aryl methyl sites for hydroxylation is 3. The topological polar surface area (TPSA) is 14.2 Å². The van der Waals surface area contributed by atoms with E-state index in [-0.39, 0.29) is 5.60 Å². The molecule has 1 heterocycles. The van der Waals surface area contributed by atoms with E-state index in [1.54, 1.807) is 21.5 Å². The number of aromatic nitrogens is 1. The molecular weight excluding hydrogens is 845 g/mol. The molecule has 58 heavy (non-hydrogen) atoms. The number of hydrogen-bond acceptors (Lipinski definition) is 1. The predicted molar refractivity (Wildman–Crippen MR) is 252 cm³/mol. The van der Waals surface area contributed by atoms with Crippen LogP contribution in [0.4, 0.5) is 0 Å². The van der Waals surface area contributed by atoms with Gasteiger partial charge in [-0.15, -0.1) is 55.7 Å². The molecule has 0 saturated heterocycles. The summed E-state index contributed by atoms with van der Waals surface area (Å²) in [7, 11) is 9.81. The predicted octanol–water partition coefficient (Wildman–Crippen LogP) is 14.2. The average Bonchev–Trinajstić information content (AvgIpc) is 4.00. The Labute approximate surface area is 364 Å². The van der Waals surface area contributed by atoms with Gasteiger partial charge in [0.25, 0.3) is 0 Å². The van der Waals surface area contributed by atoms with E-state index in [0.29, 0.717) is 0 Å². The van der Waals surface area contributed by atoms with Crippen molar-refractivity contribution in [2.45, 2.75) is 90.8 Å². The quantitative estimate of drug-likeness (QED) is 0.0717. The fraction of sp³-hybridized carbons (Fsp3) is 0.308. The zero-order chi connectivity index (χ0) is 40.6. The molecule has 8 aromatic rings. The van der Waals surface area contributed by atoms with Gasteiger partial charge < -0.3 is 9.30 Å². The van der Waals surface area contributed by atoms with E-state index in [9.17, 15) is 0 Å². The molecule has 0 bridgehead atoms. The number of halogens is 2. The fourth-order valence-electron chi connectivity index (χ4n) is 10.3. The third-order valence-corrected chi connectivity index (χ3v) is 17.6. The Hall–Kier alpha value is -3.24. The van der Waals surface area contributed by atoms with Crippen LogP contribution in [0.5, 0.6) is 0 Å². The normalized spacial score (nSPS) is 13.9. The summed E-state index contributed by atoms with van der Waals surface area (Å²) in [4.78, 5) is 0. The molecule has 0 amide bonds. The fourth-order valence-corrected chi connectivity index (χ4v) is 15.1. The first-order chi connectivity index (χ1) is 28.0. The zero-order valence-electron chi connectivity index (χ0n) is 34.9. The molecule has 0 spiro atoms. The minimum atomic E-state index is -2.26. The summed E-state index contributed by atoms with van der Waals surface area (Å²) >= 11 is -0.826. The van der Waals surface area contributed by atoms with E-state index in [1.165, 1.54) is 109 Å². The van der Waals surface area contributed by atoms with Crippen LogP contribution < -0.4 is 10.4 Å². The van der Waals surface area contributed by atoms with Gasteiger partial charge in [0.05, 0.1) is 5.60 Å². The van der Waals surface area contributed by atoms with Gasteiger partial charge in [0.2, 0.25) is 0 Å². The van der Waals surface area contributed by atoms with Crippen LogP contribution >= 0.6 is 17.0 Å². The number of benzene rings is 5. The van der Waals surface area contributed by atoms with Crippen LogP contribution in [-0.4, -0.2) is 24.8 Å². The SMILES string of the molecule is Cc1cc2c(-c3ccc4c(c3)c3ccccc3n4C)c3c(cc2[c-]1[Si](C)(CCCCCCOC(C)(C)C)[c-]1ccc2c(-c4ccccc4)cccc21)CCC3.[Cl][Zr+2][Cl]. The maximum absolute atomic E-state index is 6.09. The Morgan fingerprint density at radius 1 is 0.724 bits per heavy atom. The maximum atomic E-state index is 6.09. The third kappa shape index (κ3) is 7.90. The summed E-state index contributed by atoms with van der Waals surface area (Å²) in [6.07, 6.45) is 8.41. The van der Waals surface area contributed by atoms with E-state index < -0.39 is 28.9 Å². The number of para-hydroxylation sites is 1. The molecule has 9 rings (SSSR count). The van der Waals surface area contributed by atoms with Crippen molar-refractivity contribution in [2.24, 2.45) is 7.05 Å². The molecule has 0 aliphatic heterocycles. The molecule has 1 atom stereocenters. The standard InChI is InChI=1S/C52H55NOSi.2ClH.Zr/c1-35-32-45-46(33-37-20-16-23-40(37)50(45)38-26-28-48-44(34-38)42-21-12-13-25-47(42)53(48)5)51(35)55(6,31-15-8-7-14-30-54-52(2,3)4)49-29-27-41-39(22-17-24-43(41)49)36-18-10-9-11-19-36;;;/h9-13,17-19,21-22,24-29,32-34H,7-8,14-16,20,23,30-31H2,1-6H3;2*1H;/q-2;;;+4/p-2. The van der Waals surface area contributed by atoms with E-state index in [4.69, 9.17) is 21.8 Å². The van der Waals surface area contributed by atoms with Gasteiger partial charge in [-0.05, 0) is 75.8 Å². The monoisotopic (exact) mass is 897 g/mol. The van der Waals surface area contributed by atoms with E-state index in [0.717, 1.165) is 19.4 Å². The number of ether oxygens (including phenoxy) is 1. The Balaban J connectivity index is 0.00000152. The van der Waals surface area contributed by atoms with Crippen molar-refractivity contribution in [1.29, 1.82) is 0 Å². The first kappa shape index (κ1) is 41.5. The third-order valence-electron chi connectivity index (χ3n) is 12.8. The summed E-state index contributed by atoms with van der Waals surface area (Å²) in [5.74, 6) is 0. The first-order valence-electron chi connectivity index (χ1n) is 21.1. The van der Waals surface area contributed by atoms with Crippen LogP contribution in [-0.2, 0) is 45.5 Å². The summed E-state index contributed by atoms with van der Waals surface area (Å²) < 4.78 is 8.45. The average molecular weight is 900 g/mol. The van der Waals surface area contributed by atoms with Gasteiger partial charge in [-0.25, -0.2) is 0 Å². The Morgan fingerprint density at radius 2 is 1.47 bits per heavy atom. The van der Waals surface area contributed by atoms with Gasteiger partial charge >= 0.3 is 37.9 Å². The van der Waals surface area contributed by atoms with Gasteiger partial charge in [-0.1, -0.05) is 122 Å². The second-order valence-electron chi connectivity index (χ2n) is 17.6. The molecule has 1 aromatic heterocycles. The van der Waals surface area contributed by atoms with Crippen molar-refractivity contribution in [3.05, 3.63) is 132 Å². The molecular formula is C52H55Cl2NOSiZr. The molecule has 2 nitrogen and oxygen atoms in total. The minimum absolute atomic E-state index is 0.0705. The van der Waals surface area contributed by atoms with Gasteiger partial charge in [0, 0.05) is 43.5 Å². The summed E-state index contributed by atoms with van der Waals surface area (Å²) in [6, 6.07) is 45.6. The van der Waals surface area contributed by atoms with Crippen LogP contribution in [0.25, 0.3) is 65.6 Å². The Bertz CT molecular complexity index is 2720. The number of rotatable bonds is 11. The van der Waals surface area contributed by atoms with Crippen molar-refractivity contribution >= 4 is 78.8 Å². The summed E-state index contributed by atoms with van der Waals surface area (Å²) in [6.45, 7) is 12.5. The van der Waals surface area contributed by atoms with E-state index in [2.05, 4.69) is 161 Å². The molecule has 0 radical (unpaired) electrons. The van der Waals surface area contributed by atoms with Crippen molar-refractivity contribution in [2.75, 3.05) is 6.61 Å². The van der Waals surface area contributed by atoms with Crippen molar-refractivity contribution < 1.29 is 25.6 Å². The number of fused-ring (bicyclic) bond motifs is 6. The van der Waals surface area contributed by atoms with Crippen LogP contribution in [0.3, 0.4) is 0 Å². The van der Waals surface area contributed by atoms with Crippen molar-refractivity contribution in [3.8, 4) is 22.3 Å². The summed E-state index contributed by atoms with van der Waals surface area (Å²) in [5.41, 5.74) is 12.7. The molecule has 0 N–H and O–H groups in total. The summed E-state index contributed by atoms with van der Waals surface area (Å²) in [5, 5.41) is 11.8. The number of nitrogens with zero attached hydrogens (tertiary/aromatic N) is 1. The Morgan fingerprint density at radius 3 is 2.26 bits per heavy atom. The van der Waals surface area contributed by atoms with Gasteiger partial charge in [-0.3, -0.25) is 0 Å². The van der Waals surface area contributed by atoms with Gasteiger partial charge in [-0.2, -0.15) is 18.2 Å². The molecule has 6 heteroatoms. The zero-order valence-corrected chi connectivity index (χ0v) is 39.9. The van der Waals surface area contributed by atoms with Gasteiger partial charge in [0.15, 0.2) is 0 Å². The molecule has 0 fully saturated rings. The van der Waals surface area contributed by atoms with E-state index >= 15 is 0 Å². The molecule has 1 aliphatic rings. The second-order valence-corrected chi connectivity index (χ2v) is 25.6. The number of unbranched alkanes of at least 4 members (excludes halogenated alkanes) is 3. The van der Waals surface area contributed by atoms with Gasteiger partial charge in [0.1, 0.15) is 0 Å².